The Hall–Kier alpha value is -2.87. The van der Waals surface area contributed by atoms with Crippen LogP contribution in [0.15, 0.2) is 61.1 Å². The van der Waals surface area contributed by atoms with Gasteiger partial charge in [0.2, 0.25) is 0 Å². The van der Waals surface area contributed by atoms with Crippen molar-refractivity contribution in [3.05, 3.63) is 72.4 Å². The number of hydrogen-bond donors (Lipinski definition) is 3. The third kappa shape index (κ3) is 9.22. The summed E-state index contributed by atoms with van der Waals surface area (Å²) in [6.07, 6.45) is 8.07. The van der Waals surface area contributed by atoms with Crippen molar-refractivity contribution in [2.24, 2.45) is 7.05 Å². The van der Waals surface area contributed by atoms with Crippen LogP contribution in [-0.4, -0.2) is 114 Å². The fourth-order valence-corrected chi connectivity index (χ4v) is 5.75. The summed E-state index contributed by atoms with van der Waals surface area (Å²) < 4.78 is 63.9. The van der Waals surface area contributed by atoms with Crippen molar-refractivity contribution in [1.82, 2.24) is 24.5 Å². The number of nitrogen functional groups attached to an aromatic ring is 1. The first-order chi connectivity index (χ1) is 22.5. The molecule has 249 valence electrons. The molecule has 0 fully saturated rings. The van der Waals surface area contributed by atoms with Crippen LogP contribution < -0.4 is 15.2 Å². The summed E-state index contributed by atoms with van der Waals surface area (Å²) in [5.74, 6) is -3.98. The van der Waals surface area contributed by atoms with Gasteiger partial charge >= 0.3 is 11.7 Å². The predicted octanol–water partition coefficient (Wildman–Crippen LogP) is 6.31. The molecule has 0 amide bonds. The minimum atomic E-state index is -3.13. The number of alkyl halides is 2. The maximum absolute atomic E-state index is 13.5. The fourth-order valence-electron chi connectivity index (χ4n) is 5.27. The molecule has 2 unspecified atom stereocenters. The van der Waals surface area contributed by atoms with Crippen molar-refractivity contribution in [2.45, 2.75) is 57.4 Å². The molecule has 2 aromatic carbocycles. The molecule has 0 saturated carbocycles. The summed E-state index contributed by atoms with van der Waals surface area (Å²) >= 11 is 0. The number of hydrogen-bond acceptors (Lipinski definition) is 7. The predicted molar refractivity (Wildman–Crippen MR) is 179 cm³/mol. The maximum atomic E-state index is 13.5. The van der Waals surface area contributed by atoms with Crippen LogP contribution in [0, 0.1) is 5.82 Å². The van der Waals surface area contributed by atoms with Crippen molar-refractivity contribution in [2.75, 3.05) is 10.5 Å². The first kappa shape index (κ1) is 37.9. The number of carboxylic acids is 1. The number of aromatic nitrogens is 5. The number of carbonyl (C=O) groups is 1. The first-order valence-electron chi connectivity index (χ1n) is 14.9. The van der Waals surface area contributed by atoms with Crippen LogP contribution in [0.1, 0.15) is 50.7 Å². The summed E-state index contributed by atoms with van der Waals surface area (Å²) in [4.78, 5) is 15.1. The van der Waals surface area contributed by atoms with Gasteiger partial charge in [-0.2, -0.15) is 19.0 Å². The number of ether oxygens (including phenoxy) is 1. The van der Waals surface area contributed by atoms with Gasteiger partial charge in [-0.05, 0) is 49.6 Å². The largest absolute Gasteiger partial charge is 0.484 e. The number of pyridine rings is 1. The molecular weight excluding hydrogens is 768 g/mol. The van der Waals surface area contributed by atoms with Crippen molar-refractivity contribution in [3.63, 3.8) is 0 Å². The van der Waals surface area contributed by atoms with Gasteiger partial charge in [-0.3, -0.25) is 18.9 Å². The van der Waals surface area contributed by atoms with Crippen LogP contribution in [0.4, 0.5) is 24.7 Å². The second-order valence-electron chi connectivity index (χ2n) is 11.0. The molecule has 16 heteroatoms. The van der Waals surface area contributed by atoms with Crippen LogP contribution in [0.5, 0.6) is 5.75 Å². The Labute approximate surface area is 336 Å². The van der Waals surface area contributed by atoms with E-state index in [1.165, 1.54) is 18.2 Å². The standard InChI is InChI=1S/C32H34F3N7O4S.Cs/c1-19(20-8-11-23(33)12-9-20)46-26-15-21(10-13-25(26)40-47(45)32(34)35)29-28-30(41(2)39-29)24(17-37-31(28)36)22-16-38-42(18-22)14-6-4-3-5-7-27(43)44;/h8-13,15-19,32,40H,3-7,14H2,1-2H3,(H2,36,37)(H,43,44);. The Morgan fingerprint density at radius 1 is 1.08 bits per heavy atom. The summed E-state index contributed by atoms with van der Waals surface area (Å²) in [5.41, 5.74) is 10.4. The Morgan fingerprint density at radius 3 is 2.52 bits per heavy atom. The zero-order chi connectivity index (χ0) is 33.7. The average molecular weight is 803 g/mol. The number of unbranched alkanes of at least 4 members (excludes halogenated alkanes) is 3. The van der Waals surface area contributed by atoms with E-state index in [1.54, 1.807) is 55.3 Å². The van der Waals surface area contributed by atoms with E-state index in [0.29, 0.717) is 40.7 Å². The Kier molecular flexibility index (Phi) is 13.6. The molecule has 1 radical (unpaired) electrons. The van der Waals surface area contributed by atoms with Gasteiger partial charge in [-0.25, -0.2) is 13.6 Å². The quantitative estimate of drug-likeness (QED) is 0.104. The molecule has 2 atom stereocenters. The molecule has 0 aliphatic carbocycles. The number of nitrogens with one attached hydrogen (secondary N) is 1. The number of benzene rings is 2. The van der Waals surface area contributed by atoms with Crippen LogP contribution in [-0.2, 0) is 29.4 Å². The van der Waals surface area contributed by atoms with Crippen molar-refractivity contribution in [3.8, 4) is 28.1 Å². The van der Waals surface area contributed by atoms with Gasteiger partial charge in [0.1, 0.15) is 29.2 Å². The zero-order valence-corrected chi connectivity index (χ0v) is 33.8. The van der Waals surface area contributed by atoms with E-state index in [1.807, 2.05) is 10.9 Å². The van der Waals surface area contributed by atoms with E-state index in [9.17, 15) is 22.2 Å². The topological polar surface area (TPSA) is 150 Å². The van der Waals surface area contributed by atoms with E-state index in [-0.39, 0.29) is 92.6 Å². The van der Waals surface area contributed by atoms with Crippen LogP contribution in [0.25, 0.3) is 33.3 Å². The van der Waals surface area contributed by atoms with Crippen molar-refractivity contribution >= 4 is 108 Å². The molecule has 0 bridgehead atoms. The van der Waals surface area contributed by atoms with Crippen LogP contribution >= 0.6 is 0 Å². The number of anilines is 2. The minimum absolute atomic E-state index is 0. The number of nitrogens with zero attached hydrogens (tertiary/aromatic N) is 5. The van der Waals surface area contributed by atoms with Crippen molar-refractivity contribution < 1.29 is 32.0 Å². The number of rotatable bonds is 15. The number of halogens is 3. The SMILES string of the molecule is CC(Oc1cc(-c2nn(C)c3c(-c4cnn(CCCCCCC(=O)O)c4)cnc(N)c23)ccc1NS(=O)C(F)F)c1ccc(F)cc1.[Cs]. The molecule has 0 spiro atoms. The smallest absolute Gasteiger partial charge is 0.330 e. The van der Waals surface area contributed by atoms with E-state index in [2.05, 4.69) is 14.8 Å². The number of aliphatic carboxylic acids is 1. The molecular formula is C32H34CsF3N7O4S. The molecule has 3 aromatic heterocycles. The second-order valence-corrected chi connectivity index (χ2v) is 12.1. The van der Waals surface area contributed by atoms with Crippen molar-refractivity contribution in [1.29, 1.82) is 0 Å². The zero-order valence-electron chi connectivity index (χ0n) is 26.7. The summed E-state index contributed by atoms with van der Waals surface area (Å²) in [6, 6.07) is 10.4. The van der Waals surface area contributed by atoms with Gasteiger partial charge in [0.05, 0.1) is 22.8 Å². The van der Waals surface area contributed by atoms with Crippen LogP contribution in [0.3, 0.4) is 0 Å². The molecule has 11 nitrogen and oxygen atoms in total. The molecule has 0 saturated heterocycles. The van der Waals surface area contributed by atoms with Gasteiger partial charge < -0.3 is 15.6 Å². The fraction of sp³-hybridized carbons (Fsp3) is 0.312. The van der Waals surface area contributed by atoms with E-state index < -0.39 is 34.6 Å². The molecule has 5 aromatic rings. The Bertz CT molecular complexity index is 1900. The van der Waals surface area contributed by atoms with E-state index >= 15 is 0 Å². The normalized spacial score (nSPS) is 12.5. The summed E-state index contributed by atoms with van der Waals surface area (Å²) in [6.45, 7) is 2.39. The maximum Gasteiger partial charge on any atom is 0.330 e. The second kappa shape index (κ2) is 17.2. The van der Waals surface area contributed by atoms with E-state index in [4.69, 9.17) is 20.7 Å². The van der Waals surface area contributed by atoms with Gasteiger partial charge in [-0.1, -0.05) is 31.0 Å². The minimum Gasteiger partial charge on any atom is -0.484 e. The molecule has 0 aliphatic heterocycles. The van der Waals surface area contributed by atoms with E-state index in [0.717, 1.165) is 30.4 Å². The molecule has 4 N–H and O–H groups in total. The van der Waals surface area contributed by atoms with Crippen LogP contribution in [0.2, 0.25) is 0 Å². The monoisotopic (exact) mass is 802 g/mol. The first-order valence-corrected chi connectivity index (χ1v) is 16.1. The summed E-state index contributed by atoms with van der Waals surface area (Å²) in [7, 11) is -0.919. The molecule has 48 heavy (non-hydrogen) atoms. The third-order valence-corrected chi connectivity index (χ3v) is 8.38. The average Bonchev–Trinajstić information content (AvgIpc) is 3.65. The van der Waals surface area contributed by atoms with Gasteiger partial charge in [0, 0.05) is 118 Å². The van der Waals surface area contributed by atoms with Gasteiger partial charge in [0.15, 0.2) is 11.0 Å². The number of nitrogens with two attached hydrogens (primary N) is 1. The number of carboxylic acid groups (broad SMARTS) is 1. The number of fused-ring (bicyclic) bond motifs is 1. The molecule has 5 rings (SSSR count). The third-order valence-electron chi connectivity index (χ3n) is 7.63. The van der Waals surface area contributed by atoms with Gasteiger partial charge in [0.25, 0.3) is 0 Å². The Balaban J connectivity index is 0.00000520. The molecule has 0 aliphatic rings. The van der Waals surface area contributed by atoms with Gasteiger partial charge in [-0.15, -0.1) is 0 Å². The summed E-state index contributed by atoms with van der Waals surface area (Å²) in [5, 5.41) is 18.6. The molecule has 3 heterocycles. The number of aryl methyl sites for hydroxylation is 2. The Morgan fingerprint density at radius 2 is 1.81 bits per heavy atom.